The number of hydrogen-bond acceptors (Lipinski definition) is 5. The number of carbonyl (C=O) groups is 1. The molecule has 4 rings (SSSR count). The molecule has 0 atom stereocenters. The van der Waals surface area contributed by atoms with E-state index >= 15 is 0 Å². The highest BCUT2D eigenvalue weighted by Gasteiger charge is 2.20. The van der Waals surface area contributed by atoms with Crippen LogP contribution in [0.4, 0.5) is 5.69 Å². The maximum absolute atomic E-state index is 12.4. The minimum Gasteiger partial charge on any atom is -0.497 e. The highest BCUT2D eigenvalue weighted by atomic mass is 16.5. The molecule has 176 valence electrons. The molecule has 0 spiro atoms. The molecule has 1 fully saturated rings. The van der Waals surface area contributed by atoms with E-state index in [4.69, 9.17) is 14.5 Å². The van der Waals surface area contributed by atoms with E-state index in [2.05, 4.69) is 35.6 Å². The highest BCUT2D eigenvalue weighted by Crippen LogP contribution is 2.26. The van der Waals surface area contributed by atoms with Gasteiger partial charge in [0.05, 0.1) is 24.7 Å². The Morgan fingerprint density at radius 2 is 1.82 bits per heavy atom. The number of anilines is 1. The number of fused-ring (bicyclic) bond motifs is 1. The number of carbonyl (C=O) groups excluding carboxylic acids is 1. The lowest BCUT2D eigenvalue weighted by Gasteiger charge is -2.30. The fourth-order valence-corrected chi connectivity index (χ4v) is 4.35. The lowest BCUT2D eigenvalue weighted by molar-refractivity contribution is -0.118. The van der Waals surface area contributed by atoms with Crippen molar-refractivity contribution in [2.75, 3.05) is 32.1 Å². The first-order valence-corrected chi connectivity index (χ1v) is 11.7. The minimum absolute atomic E-state index is 0.0660. The molecule has 7 nitrogen and oxygen atoms in total. The van der Waals surface area contributed by atoms with E-state index in [0.29, 0.717) is 11.8 Å². The molecule has 1 N–H and O–H groups in total. The van der Waals surface area contributed by atoms with Gasteiger partial charge in [0, 0.05) is 11.7 Å². The first-order valence-electron chi connectivity index (χ1n) is 11.7. The molecule has 1 aromatic heterocycles. The number of hydrogen-bond donors (Lipinski definition) is 1. The van der Waals surface area contributed by atoms with Crippen molar-refractivity contribution < 1.29 is 14.3 Å². The van der Waals surface area contributed by atoms with Crippen molar-refractivity contribution >= 4 is 22.6 Å². The number of nitrogens with zero attached hydrogens (tertiary/aromatic N) is 3. The van der Waals surface area contributed by atoms with Gasteiger partial charge in [-0.15, -0.1) is 0 Å². The zero-order valence-corrected chi connectivity index (χ0v) is 20.0. The quantitative estimate of drug-likeness (QED) is 0.530. The second-order valence-electron chi connectivity index (χ2n) is 9.17. The number of benzene rings is 2. The average molecular weight is 451 g/mol. The zero-order chi connectivity index (χ0) is 23.4. The van der Waals surface area contributed by atoms with Crippen LogP contribution < -0.4 is 14.8 Å². The number of piperidine rings is 1. The van der Waals surface area contributed by atoms with E-state index in [9.17, 15) is 4.79 Å². The molecule has 1 amide bonds. The third-order valence-electron chi connectivity index (χ3n) is 6.23. The first kappa shape index (κ1) is 23.1. The van der Waals surface area contributed by atoms with Gasteiger partial charge >= 0.3 is 0 Å². The third-order valence-corrected chi connectivity index (χ3v) is 6.23. The molecule has 2 aromatic carbocycles. The average Bonchev–Trinajstić information content (AvgIpc) is 3.17. The number of rotatable bonds is 8. The SMILES string of the molecule is COc1ccc(OCC(=O)Nc2ccc3c(c2)nc(CN2CCC(C)CC2)n3C(C)C)cc1. The molecule has 1 aliphatic rings. The molecule has 1 aliphatic heterocycles. The van der Waals surface area contributed by atoms with Gasteiger partial charge in [-0.05, 0) is 88.2 Å². The van der Waals surface area contributed by atoms with Gasteiger partial charge in [-0.2, -0.15) is 0 Å². The normalized spacial score (nSPS) is 15.2. The maximum atomic E-state index is 12.4. The summed E-state index contributed by atoms with van der Waals surface area (Å²) in [4.78, 5) is 19.9. The van der Waals surface area contributed by atoms with Crippen molar-refractivity contribution in [2.45, 2.75) is 46.2 Å². The topological polar surface area (TPSA) is 68.6 Å². The fourth-order valence-electron chi connectivity index (χ4n) is 4.35. The summed E-state index contributed by atoms with van der Waals surface area (Å²) >= 11 is 0. The molecule has 33 heavy (non-hydrogen) atoms. The van der Waals surface area contributed by atoms with Crippen LogP contribution in [0.15, 0.2) is 42.5 Å². The van der Waals surface area contributed by atoms with Crippen LogP contribution in [0.5, 0.6) is 11.5 Å². The van der Waals surface area contributed by atoms with E-state index in [1.807, 2.05) is 18.2 Å². The van der Waals surface area contributed by atoms with E-state index in [1.165, 1.54) is 12.8 Å². The van der Waals surface area contributed by atoms with Crippen LogP contribution in [0.1, 0.15) is 45.5 Å². The molecular weight excluding hydrogens is 416 g/mol. The predicted molar refractivity (Wildman–Crippen MR) is 131 cm³/mol. The first-order chi connectivity index (χ1) is 15.9. The van der Waals surface area contributed by atoms with Crippen molar-refractivity contribution in [3.63, 3.8) is 0 Å². The summed E-state index contributed by atoms with van der Waals surface area (Å²) in [6.07, 6.45) is 2.49. The molecule has 3 aromatic rings. The van der Waals surface area contributed by atoms with Crippen molar-refractivity contribution in [1.82, 2.24) is 14.5 Å². The van der Waals surface area contributed by atoms with Gasteiger partial charge in [0.1, 0.15) is 17.3 Å². The smallest absolute Gasteiger partial charge is 0.262 e. The number of methoxy groups -OCH3 is 1. The summed E-state index contributed by atoms with van der Waals surface area (Å²) in [5, 5.41) is 2.92. The summed E-state index contributed by atoms with van der Waals surface area (Å²) in [5.74, 6) is 3.05. The van der Waals surface area contributed by atoms with Crippen LogP contribution in [0, 0.1) is 5.92 Å². The standard InChI is InChI=1S/C26H34N4O3/c1-18(2)30-24-10-5-20(27-26(31)17-33-22-8-6-21(32-4)7-9-22)15-23(24)28-25(30)16-29-13-11-19(3)12-14-29/h5-10,15,18-19H,11-14,16-17H2,1-4H3,(H,27,31). The van der Waals surface area contributed by atoms with E-state index < -0.39 is 0 Å². The largest absolute Gasteiger partial charge is 0.497 e. The van der Waals surface area contributed by atoms with Crippen molar-refractivity contribution in [2.24, 2.45) is 5.92 Å². The highest BCUT2D eigenvalue weighted by molar-refractivity contribution is 5.94. The van der Waals surface area contributed by atoms with Crippen molar-refractivity contribution in [3.8, 4) is 11.5 Å². The Kier molecular flexibility index (Phi) is 7.18. The molecular formula is C26H34N4O3. The summed E-state index contributed by atoms with van der Waals surface area (Å²) in [5.41, 5.74) is 2.72. The van der Waals surface area contributed by atoms with Gasteiger partial charge < -0.3 is 19.4 Å². The van der Waals surface area contributed by atoms with E-state index in [-0.39, 0.29) is 12.5 Å². The van der Waals surface area contributed by atoms with E-state index in [0.717, 1.165) is 53.8 Å². The summed E-state index contributed by atoms with van der Waals surface area (Å²) < 4.78 is 13.0. The lowest BCUT2D eigenvalue weighted by Crippen LogP contribution is -2.33. The van der Waals surface area contributed by atoms with Crippen LogP contribution in [0.3, 0.4) is 0 Å². The van der Waals surface area contributed by atoms with Gasteiger partial charge in [0.15, 0.2) is 6.61 Å². The Hall–Kier alpha value is -3.06. The van der Waals surface area contributed by atoms with Crippen LogP contribution in [-0.4, -0.2) is 47.2 Å². The molecule has 7 heteroatoms. The van der Waals surface area contributed by atoms with Crippen molar-refractivity contribution in [1.29, 1.82) is 0 Å². The lowest BCUT2D eigenvalue weighted by atomic mass is 9.99. The Labute approximate surface area is 195 Å². The number of nitrogens with one attached hydrogen (secondary N) is 1. The number of amides is 1. The molecule has 1 saturated heterocycles. The fraction of sp³-hybridized carbons (Fsp3) is 0.462. The van der Waals surface area contributed by atoms with Gasteiger partial charge in [-0.25, -0.2) is 4.98 Å². The Morgan fingerprint density at radius 1 is 1.12 bits per heavy atom. The Morgan fingerprint density at radius 3 is 2.48 bits per heavy atom. The molecule has 0 bridgehead atoms. The van der Waals surface area contributed by atoms with Gasteiger partial charge in [-0.3, -0.25) is 9.69 Å². The van der Waals surface area contributed by atoms with Crippen LogP contribution in [-0.2, 0) is 11.3 Å². The minimum atomic E-state index is -0.212. The van der Waals surface area contributed by atoms with E-state index in [1.54, 1.807) is 31.4 Å². The molecule has 0 aliphatic carbocycles. The Balaban J connectivity index is 1.43. The van der Waals surface area contributed by atoms with Gasteiger partial charge in [-0.1, -0.05) is 6.92 Å². The zero-order valence-electron chi connectivity index (χ0n) is 20.0. The molecule has 2 heterocycles. The molecule has 0 unspecified atom stereocenters. The number of imidazole rings is 1. The number of aromatic nitrogens is 2. The monoisotopic (exact) mass is 450 g/mol. The number of ether oxygens (including phenoxy) is 2. The van der Waals surface area contributed by atoms with Crippen LogP contribution >= 0.6 is 0 Å². The third kappa shape index (κ3) is 5.66. The summed E-state index contributed by atoms with van der Waals surface area (Å²) in [7, 11) is 1.61. The van der Waals surface area contributed by atoms with Gasteiger partial charge in [0.2, 0.25) is 0 Å². The Bertz CT molecular complexity index is 1080. The molecule has 0 radical (unpaired) electrons. The second-order valence-corrected chi connectivity index (χ2v) is 9.17. The van der Waals surface area contributed by atoms with Gasteiger partial charge in [0.25, 0.3) is 5.91 Å². The summed E-state index contributed by atoms with van der Waals surface area (Å²) in [6.45, 7) is 9.75. The van der Waals surface area contributed by atoms with Crippen LogP contribution in [0.2, 0.25) is 0 Å². The predicted octanol–water partition coefficient (Wildman–Crippen LogP) is 4.88. The van der Waals surface area contributed by atoms with Crippen molar-refractivity contribution in [3.05, 3.63) is 48.3 Å². The maximum Gasteiger partial charge on any atom is 0.262 e. The summed E-state index contributed by atoms with van der Waals surface area (Å²) in [6, 6.07) is 13.4. The number of likely N-dealkylation sites (tertiary alicyclic amines) is 1. The molecule has 0 saturated carbocycles. The second kappa shape index (κ2) is 10.3. The van der Waals surface area contributed by atoms with Crippen LogP contribution in [0.25, 0.3) is 11.0 Å².